The molecule has 0 aromatic carbocycles. The number of rotatable bonds is 0. The zero-order valence-corrected chi connectivity index (χ0v) is 11.3. The van der Waals surface area contributed by atoms with Crippen LogP contribution < -0.4 is 0 Å². The average molecular weight is 330 g/mol. The fourth-order valence-corrected chi connectivity index (χ4v) is 0. The van der Waals surface area contributed by atoms with Gasteiger partial charge >= 0.3 is 40.8 Å². The SMILES string of the molecule is O=C(O)C(Cl)(Cl)Cl.[CH3][Sb]([CH3])[CH3]. The standard InChI is InChI=1S/C2HCl3O2.3CH3.Sb/c3-2(4,5)1(6)7;;;;/h(H,6,7);3*1H3;. The Labute approximate surface area is 88.8 Å². The quantitative estimate of drug-likeness (QED) is 0.548. The van der Waals surface area contributed by atoms with Crippen molar-refractivity contribution in [1.82, 2.24) is 0 Å². The molecule has 0 rings (SSSR count). The molecule has 0 atom stereocenters. The van der Waals surface area contributed by atoms with Crippen molar-refractivity contribution in [2.75, 3.05) is 0 Å². The van der Waals surface area contributed by atoms with E-state index in [1.54, 1.807) is 0 Å². The normalized spacial score (nSPS) is 10.5. The molecule has 0 aromatic rings. The Bertz CT molecular complexity index is 119. The van der Waals surface area contributed by atoms with Gasteiger partial charge in [0, 0.05) is 0 Å². The molecule has 0 radical (unpaired) electrons. The van der Waals surface area contributed by atoms with Gasteiger partial charge in [-0.3, -0.25) is 0 Å². The molecular weight excluding hydrogens is 320 g/mol. The zero-order chi connectivity index (χ0) is 9.65. The van der Waals surface area contributed by atoms with Crippen LogP contribution in [-0.2, 0) is 4.79 Å². The Balaban J connectivity index is 0. The Kier molecular flexibility index (Phi) is 8.87. The first-order valence-corrected chi connectivity index (χ1v) is 11.4. The topological polar surface area (TPSA) is 37.3 Å². The number of alkyl halides is 3. The number of aliphatic carboxylic acids is 1. The zero-order valence-electron chi connectivity index (χ0n) is 6.44. The van der Waals surface area contributed by atoms with Crippen molar-refractivity contribution in [3.63, 3.8) is 0 Å². The molecule has 0 fully saturated rings. The van der Waals surface area contributed by atoms with Gasteiger partial charge in [-0.15, -0.1) is 0 Å². The monoisotopic (exact) mass is 328 g/mol. The van der Waals surface area contributed by atoms with E-state index in [1.807, 2.05) is 0 Å². The van der Waals surface area contributed by atoms with E-state index < -0.39 is 30.0 Å². The molecule has 68 valence electrons. The molecule has 0 saturated carbocycles. The summed E-state index contributed by atoms with van der Waals surface area (Å²) in [6, 6.07) is 0. The summed E-state index contributed by atoms with van der Waals surface area (Å²) < 4.78 is -2.17. The van der Waals surface area contributed by atoms with Crippen LogP contribution in [-0.4, -0.2) is 35.1 Å². The molecule has 0 saturated heterocycles. The van der Waals surface area contributed by atoms with Crippen LogP contribution in [0.15, 0.2) is 0 Å². The Hall–Kier alpha value is 1.16. The molecule has 6 heteroatoms. The third-order valence-corrected chi connectivity index (χ3v) is 0.728. The van der Waals surface area contributed by atoms with Crippen molar-refractivity contribution in [3.8, 4) is 0 Å². The third-order valence-electron chi connectivity index (χ3n) is 0.243. The van der Waals surface area contributed by atoms with E-state index in [-0.39, 0.29) is 0 Å². The van der Waals surface area contributed by atoms with E-state index in [0.29, 0.717) is 0 Å². The molecule has 2 nitrogen and oxygen atoms in total. The Morgan fingerprint density at radius 3 is 1.36 bits per heavy atom. The van der Waals surface area contributed by atoms with E-state index >= 15 is 0 Å². The first-order chi connectivity index (χ1) is 4.68. The second-order valence-electron chi connectivity index (χ2n) is 2.14. The molecule has 0 aliphatic carbocycles. The van der Waals surface area contributed by atoms with Crippen molar-refractivity contribution >= 4 is 61.0 Å². The number of carbonyl (C=O) groups is 1. The van der Waals surface area contributed by atoms with Gasteiger partial charge in [0.25, 0.3) is 3.79 Å². The summed E-state index contributed by atoms with van der Waals surface area (Å²) in [6.07, 6.45) is 0. The van der Waals surface area contributed by atoms with Crippen LogP contribution in [0.5, 0.6) is 0 Å². The van der Waals surface area contributed by atoms with E-state index in [9.17, 15) is 4.79 Å². The first-order valence-electron chi connectivity index (χ1n) is 2.59. The fourth-order valence-electron chi connectivity index (χ4n) is 0. The maximum absolute atomic E-state index is 9.62. The summed E-state index contributed by atoms with van der Waals surface area (Å²) in [5, 5.41) is 7.85. The number of hydrogen-bond acceptors (Lipinski definition) is 1. The molecule has 0 aliphatic rings. The predicted molar refractivity (Wildman–Crippen MR) is 51.3 cm³/mol. The fraction of sp³-hybridized carbons (Fsp3) is 0.800. The van der Waals surface area contributed by atoms with Gasteiger partial charge in [-0.1, -0.05) is 34.8 Å². The molecule has 11 heavy (non-hydrogen) atoms. The molecule has 0 spiro atoms. The van der Waals surface area contributed by atoms with Crippen molar-refractivity contribution in [3.05, 3.63) is 0 Å². The molecule has 0 amide bonds. The first kappa shape index (κ1) is 14.7. The van der Waals surface area contributed by atoms with E-state index in [0.717, 1.165) is 0 Å². The van der Waals surface area contributed by atoms with Gasteiger partial charge in [0.1, 0.15) is 0 Å². The maximum atomic E-state index is 9.62. The van der Waals surface area contributed by atoms with Crippen LogP contribution >= 0.6 is 34.8 Å². The van der Waals surface area contributed by atoms with Gasteiger partial charge in [-0.25, -0.2) is 4.79 Å². The van der Waals surface area contributed by atoms with E-state index in [1.165, 1.54) is 0 Å². The summed E-state index contributed by atoms with van der Waals surface area (Å²) in [4.78, 5) is 16.7. The van der Waals surface area contributed by atoms with Crippen LogP contribution in [0.2, 0.25) is 14.6 Å². The van der Waals surface area contributed by atoms with Gasteiger partial charge in [0.2, 0.25) is 0 Å². The predicted octanol–water partition coefficient (Wildman–Crippen LogP) is 2.81. The third kappa shape index (κ3) is 18.3. The second kappa shape index (κ2) is 6.65. The second-order valence-corrected chi connectivity index (χ2v) is 12.1. The van der Waals surface area contributed by atoms with Crippen molar-refractivity contribution < 1.29 is 9.90 Å². The molecule has 0 heterocycles. The summed E-state index contributed by atoms with van der Waals surface area (Å²) >= 11 is 13.9. The average Bonchev–Trinajstić information content (AvgIpc) is 1.59. The van der Waals surface area contributed by atoms with Crippen LogP contribution in [0.1, 0.15) is 0 Å². The van der Waals surface area contributed by atoms with E-state index in [4.69, 9.17) is 39.9 Å². The van der Waals surface area contributed by atoms with Crippen LogP contribution in [0.25, 0.3) is 0 Å². The van der Waals surface area contributed by atoms with Gasteiger partial charge < -0.3 is 5.11 Å². The summed E-state index contributed by atoms with van der Waals surface area (Å²) in [6.45, 7) is 0. The van der Waals surface area contributed by atoms with Gasteiger partial charge in [0.15, 0.2) is 0 Å². The summed E-state index contributed by atoms with van der Waals surface area (Å²) in [5.41, 5.74) is 0. The van der Waals surface area contributed by atoms with Crippen LogP contribution in [0.4, 0.5) is 0 Å². The summed E-state index contributed by atoms with van der Waals surface area (Å²) in [5.74, 6) is -1.46. The van der Waals surface area contributed by atoms with Crippen molar-refractivity contribution in [1.29, 1.82) is 0 Å². The Morgan fingerprint density at radius 1 is 1.27 bits per heavy atom. The minimum atomic E-state index is -2.17. The van der Waals surface area contributed by atoms with Crippen LogP contribution in [0.3, 0.4) is 0 Å². The van der Waals surface area contributed by atoms with Gasteiger partial charge in [-0.05, 0) is 0 Å². The van der Waals surface area contributed by atoms with Crippen molar-refractivity contribution in [2.45, 2.75) is 18.4 Å². The molecule has 0 bridgehead atoms. The molecule has 0 aliphatic heterocycles. The van der Waals surface area contributed by atoms with E-state index in [2.05, 4.69) is 14.6 Å². The molecular formula is C5H10Cl3O2Sb. The molecule has 0 aromatic heterocycles. The minimum absolute atomic E-state index is 0.450. The molecule has 0 unspecified atom stereocenters. The van der Waals surface area contributed by atoms with Crippen molar-refractivity contribution in [2.24, 2.45) is 0 Å². The summed E-state index contributed by atoms with van der Waals surface area (Å²) in [7, 11) is 0. The molecule has 1 N–H and O–H groups in total. The number of carboxylic acid groups (broad SMARTS) is 1. The number of halogens is 3. The van der Waals surface area contributed by atoms with Gasteiger partial charge in [-0.2, -0.15) is 0 Å². The van der Waals surface area contributed by atoms with Crippen LogP contribution in [0, 0.1) is 0 Å². The Morgan fingerprint density at radius 2 is 1.36 bits per heavy atom. The number of carboxylic acids is 1. The number of hydrogen-bond donors (Lipinski definition) is 1. The van der Waals surface area contributed by atoms with Gasteiger partial charge in [0.05, 0.1) is 0 Å².